The molecular formula is C14H21N3O3. The molecule has 1 rings (SSSR count). The minimum absolute atomic E-state index is 0.0399. The molecule has 0 saturated carbocycles. The molecule has 110 valence electrons. The number of carboxylic acids is 1. The van der Waals surface area contributed by atoms with Gasteiger partial charge < -0.3 is 15.3 Å². The minimum atomic E-state index is -1.08. The van der Waals surface area contributed by atoms with Crippen LogP contribution >= 0.6 is 0 Å². The van der Waals surface area contributed by atoms with Crippen molar-refractivity contribution < 1.29 is 14.7 Å². The van der Waals surface area contributed by atoms with E-state index in [2.05, 4.69) is 5.32 Å². The standard InChI is InChI=1S/C14H21N3O3/c1-10(2)7-12(14(19)20)16-13(18)11(8-15)9-17-5-3-4-6-17/h9-10,12H,3-7H2,1-2H3,(H,16,18)(H,19,20)/b11-9-. The summed E-state index contributed by atoms with van der Waals surface area (Å²) >= 11 is 0. The van der Waals surface area contributed by atoms with Crippen LogP contribution in [0, 0.1) is 17.2 Å². The summed E-state index contributed by atoms with van der Waals surface area (Å²) in [5, 5.41) is 20.5. The molecule has 1 heterocycles. The van der Waals surface area contributed by atoms with Crippen molar-refractivity contribution in [3.8, 4) is 6.07 Å². The summed E-state index contributed by atoms with van der Waals surface area (Å²) in [5.74, 6) is -1.55. The van der Waals surface area contributed by atoms with Crippen LogP contribution in [-0.2, 0) is 9.59 Å². The Hall–Kier alpha value is -2.03. The molecule has 6 nitrogen and oxygen atoms in total. The number of amides is 1. The van der Waals surface area contributed by atoms with Crippen molar-refractivity contribution in [3.05, 3.63) is 11.8 Å². The molecule has 0 bridgehead atoms. The van der Waals surface area contributed by atoms with Gasteiger partial charge in [-0.3, -0.25) is 4.79 Å². The fourth-order valence-corrected chi connectivity index (χ4v) is 2.12. The highest BCUT2D eigenvalue weighted by molar-refractivity contribution is 5.99. The Kier molecular flexibility index (Phi) is 6.04. The van der Waals surface area contributed by atoms with E-state index in [1.807, 2.05) is 24.8 Å². The van der Waals surface area contributed by atoms with Crippen LogP contribution < -0.4 is 5.32 Å². The number of aliphatic carboxylic acids is 1. The number of rotatable bonds is 6. The van der Waals surface area contributed by atoms with Gasteiger partial charge in [0.15, 0.2) is 0 Å². The third-order valence-electron chi connectivity index (χ3n) is 3.13. The summed E-state index contributed by atoms with van der Waals surface area (Å²) in [6, 6.07) is 0.880. The number of carbonyl (C=O) groups excluding carboxylic acids is 1. The molecule has 1 saturated heterocycles. The third kappa shape index (κ3) is 4.92. The smallest absolute Gasteiger partial charge is 0.326 e. The Balaban J connectivity index is 2.70. The van der Waals surface area contributed by atoms with Gasteiger partial charge in [0.2, 0.25) is 0 Å². The fourth-order valence-electron chi connectivity index (χ4n) is 2.12. The highest BCUT2D eigenvalue weighted by Crippen LogP contribution is 2.10. The van der Waals surface area contributed by atoms with Crippen LogP contribution in [0.15, 0.2) is 11.8 Å². The molecule has 1 atom stereocenters. The van der Waals surface area contributed by atoms with Crippen LogP contribution in [0.2, 0.25) is 0 Å². The van der Waals surface area contributed by atoms with E-state index < -0.39 is 17.9 Å². The lowest BCUT2D eigenvalue weighted by Crippen LogP contribution is -2.42. The topological polar surface area (TPSA) is 93.4 Å². The first kappa shape index (κ1) is 16.0. The third-order valence-corrected chi connectivity index (χ3v) is 3.13. The van der Waals surface area contributed by atoms with Gasteiger partial charge in [-0.2, -0.15) is 5.26 Å². The van der Waals surface area contributed by atoms with Crippen molar-refractivity contribution in [1.82, 2.24) is 10.2 Å². The summed E-state index contributed by atoms with van der Waals surface area (Å²) in [7, 11) is 0. The maximum Gasteiger partial charge on any atom is 0.326 e. The van der Waals surface area contributed by atoms with Crippen molar-refractivity contribution >= 4 is 11.9 Å². The van der Waals surface area contributed by atoms with Crippen LogP contribution in [0.3, 0.4) is 0 Å². The molecule has 1 aliphatic rings. The molecule has 6 heteroatoms. The molecule has 0 spiro atoms. The van der Waals surface area contributed by atoms with Gasteiger partial charge >= 0.3 is 5.97 Å². The number of carbonyl (C=O) groups is 2. The number of nitriles is 1. The SMILES string of the molecule is CC(C)CC(NC(=O)/C(C#N)=C\N1CCCC1)C(=O)O. The van der Waals surface area contributed by atoms with Gasteiger partial charge in [-0.15, -0.1) is 0 Å². The molecule has 1 fully saturated rings. The first-order chi connectivity index (χ1) is 9.43. The van der Waals surface area contributed by atoms with Crippen LogP contribution in [0.5, 0.6) is 0 Å². The second-order valence-corrected chi connectivity index (χ2v) is 5.39. The van der Waals surface area contributed by atoms with E-state index >= 15 is 0 Å². The number of hydrogen-bond acceptors (Lipinski definition) is 4. The number of carboxylic acid groups (broad SMARTS) is 1. The van der Waals surface area contributed by atoms with Crippen LogP contribution in [0.4, 0.5) is 0 Å². The highest BCUT2D eigenvalue weighted by atomic mass is 16.4. The van der Waals surface area contributed by atoms with Crippen molar-refractivity contribution in [2.45, 2.75) is 39.2 Å². The molecule has 0 aromatic heterocycles. The molecule has 0 aromatic carbocycles. The van der Waals surface area contributed by atoms with E-state index in [1.54, 1.807) is 0 Å². The van der Waals surface area contributed by atoms with Crippen LogP contribution in [0.1, 0.15) is 33.1 Å². The fraction of sp³-hybridized carbons (Fsp3) is 0.643. The summed E-state index contributed by atoms with van der Waals surface area (Å²) in [5.41, 5.74) is -0.0399. The van der Waals surface area contributed by atoms with Crippen molar-refractivity contribution in [2.24, 2.45) is 5.92 Å². The second-order valence-electron chi connectivity index (χ2n) is 5.39. The van der Waals surface area contributed by atoms with Crippen molar-refractivity contribution in [2.75, 3.05) is 13.1 Å². The average Bonchev–Trinajstić information content (AvgIpc) is 2.87. The quantitative estimate of drug-likeness (QED) is 0.561. The zero-order valence-electron chi connectivity index (χ0n) is 11.9. The molecule has 20 heavy (non-hydrogen) atoms. The zero-order valence-corrected chi connectivity index (χ0v) is 11.9. The lowest BCUT2D eigenvalue weighted by molar-refractivity contribution is -0.141. The Morgan fingerprint density at radius 1 is 1.40 bits per heavy atom. The largest absolute Gasteiger partial charge is 0.480 e. The number of likely N-dealkylation sites (tertiary alicyclic amines) is 1. The number of nitrogens with one attached hydrogen (secondary N) is 1. The zero-order chi connectivity index (χ0) is 15.1. The minimum Gasteiger partial charge on any atom is -0.480 e. The normalized spacial score (nSPS) is 16.9. The van der Waals surface area contributed by atoms with Gasteiger partial charge in [0.05, 0.1) is 0 Å². The van der Waals surface area contributed by atoms with Gasteiger partial charge in [0.25, 0.3) is 5.91 Å². The average molecular weight is 279 g/mol. The molecule has 0 aliphatic carbocycles. The van der Waals surface area contributed by atoms with E-state index in [4.69, 9.17) is 10.4 Å². The van der Waals surface area contributed by atoms with Gasteiger partial charge in [0, 0.05) is 19.3 Å². The van der Waals surface area contributed by atoms with Gasteiger partial charge in [-0.05, 0) is 25.2 Å². The molecular weight excluding hydrogens is 258 g/mol. The Bertz CT molecular complexity index is 431. The lowest BCUT2D eigenvalue weighted by Gasteiger charge is -2.17. The molecule has 0 radical (unpaired) electrons. The monoisotopic (exact) mass is 279 g/mol. The predicted octanol–water partition coefficient (Wildman–Crippen LogP) is 1.11. The van der Waals surface area contributed by atoms with Crippen molar-refractivity contribution in [1.29, 1.82) is 5.26 Å². The first-order valence-corrected chi connectivity index (χ1v) is 6.83. The molecule has 0 aromatic rings. The lowest BCUT2D eigenvalue weighted by atomic mass is 10.0. The van der Waals surface area contributed by atoms with Gasteiger partial charge in [-0.25, -0.2) is 4.79 Å². The highest BCUT2D eigenvalue weighted by Gasteiger charge is 2.23. The van der Waals surface area contributed by atoms with E-state index in [0.29, 0.717) is 6.42 Å². The van der Waals surface area contributed by atoms with Crippen LogP contribution in [-0.4, -0.2) is 41.0 Å². The molecule has 1 unspecified atom stereocenters. The number of nitrogens with zero attached hydrogens (tertiary/aromatic N) is 2. The maximum absolute atomic E-state index is 12.0. The first-order valence-electron chi connectivity index (χ1n) is 6.83. The van der Waals surface area contributed by atoms with E-state index in [1.165, 1.54) is 6.20 Å². The molecule has 2 N–H and O–H groups in total. The van der Waals surface area contributed by atoms with E-state index in [9.17, 15) is 9.59 Å². The predicted molar refractivity (Wildman–Crippen MR) is 73.5 cm³/mol. The Morgan fingerprint density at radius 3 is 2.45 bits per heavy atom. The molecule has 1 aliphatic heterocycles. The Morgan fingerprint density at radius 2 is 2.00 bits per heavy atom. The Labute approximate surface area is 119 Å². The van der Waals surface area contributed by atoms with E-state index in [0.717, 1.165) is 25.9 Å². The van der Waals surface area contributed by atoms with Gasteiger partial charge in [-0.1, -0.05) is 13.8 Å². The van der Waals surface area contributed by atoms with E-state index in [-0.39, 0.29) is 11.5 Å². The van der Waals surface area contributed by atoms with Crippen LogP contribution in [0.25, 0.3) is 0 Å². The second kappa shape index (κ2) is 7.53. The van der Waals surface area contributed by atoms with Gasteiger partial charge in [0.1, 0.15) is 17.7 Å². The van der Waals surface area contributed by atoms with Crippen molar-refractivity contribution in [3.63, 3.8) is 0 Å². The number of hydrogen-bond donors (Lipinski definition) is 2. The summed E-state index contributed by atoms with van der Waals surface area (Å²) in [6.45, 7) is 5.42. The maximum atomic E-state index is 12.0. The molecule has 1 amide bonds. The summed E-state index contributed by atoms with van der Waals surface area (Å²) in [4.78, 5) is 25.0. The summed E-state index contributed by atoms with van der Waals surface area (Å²) in [6.07, 6.45) is 3.95. The summed E-state index contributed by atoms with van der Waals surface area (Å²) < 4.78 is 0.